The number of nitrogens with zero attached hydrogens (tertiary/aromatic N) is 1. The van der Waals surface area contributed by atoms with E-state index in [1.54, 1.807) is 12.4 Å². The SMILES string of the molecule is Cl.NC(CC1CCCCC1)C(=O)NCc1cccnc1. The number of pyridine rings is 1. The van der Waals surface area contributed by atoms with Crippen LogP contribution < -0.4 is 11.1 Å². The summed E-state index contributed by atoms with van der Waals surface area (Å²) in [5.74, 6) is 0.585. The molecule has 1 aliphatic rings. The highest BCUT2D eigenvalue weighted by Crippen LogP contribution is 2.26. The number of carbonyl (C=O) groups excluding carboxylic acids is 1. The topological polar surface area (TPSA) is 68.0 Å². The number of amides is 1. The van der Waals surface area contributed by atoms with E-state index in [1.807, 2.05) is 12.1 Å². The Hall–Kier alpha value is -1.13. The third-order valence-electron chi connectivity index (χ3n) is 3.84. The fraction of sp³-hybridized carbons (Fsp3) is 0.600. The predicted molar refractivity (Wildman–Crippen MR) is 82.5 cm³/mol. The standard InChI is InChI=1S/C15H23N3O.ClH/c16-14(9-12-5-2-1-3-6-12)15(19)18-11-13-7-4-8-17-10-13;/h4,7-8,10,12,14H,1-3,5-6,9,11,16H2,(H,18,19);1H. The van der Waals surface area contributed by atoms with Gasteiger partial charge in [-0.15, -0.1) is 12.4 Å². The summed E-state index contributed by atoms with van der Waals surface area (Å²) in [6, 6.07) is 3.43. The Morgan fingerprint density at radius 2 is 2.15 bits per heavy atom. The van der Waals surface area contributed by atoms with Gasteiger partial charge in [-0.1, -0.05) is 38.2 Å². The summed E-state index contributed by atoms with van der Waals surface area (Å²) in [6.45, 7) is 0.505. The van der Waals surface area contributed by atoms with Crippen LogP contribution in [0.15, 0.2) is 24.5 Å². The van der Waals surface area contributed by atoms with Gasteiger partial charge in [0.05, 0.1) is 6.04 Å². The Balaban J connectivity index is 0.00000200. The number of carbonyl (C=O) groups is 1. The molecule has 5 heteroatoms. The highest BCUT2D eigenvalue weighted by Gasteiger charge is 2.20. The Morgan fingerprint density at radius 1 is 1.40 bits per heavy atom. The van der Waals surface area contributed by atoms with Crippen LogP contribution in [0.25, 0.3) is 0 Å². The molecular weight excluding hydrogens is 274 g/mol. The van der Waals surface area contributed by atoms with E-state index in [9.17, 15) is 4.79 Å². The zero-order valence-corrected chi connectivity index (χ0v) is 12.6. The minimum atomic E-state index is -0.375. The van der Waals surface area contributed by atoms with Gasteiger partial charge in [-0.25, -0.2) is 0 Å². The number of aromatic nitrogens is 1. The Labute approximate surface area is 126 Å². The summed E-state index contributed by atoms with van der Waals surface area (Å²) in [7, 11) is 0. The van der Waals surface area contributed by atoms with Crippen molar-refractivity contribution in [3.05, 3.63) is 30.1 Å². The molecule has 1 saturated carbocycles. The molecule has 0 aromatic carbocycles. The molecule has 1 aliphatic carbocycles. The van der Waals surface area contributed by atoms with Crippen molar-refractivity contribution in [3.8, 4) is 0 Å². The lowest BCUT2D eigenvalue weighted by Crippen LogP contribution is -2.41. The van der Waals surface area contributed by atoms with Gasteiger partial charge in [0.2, 0.25) is 5.91 Å². The zero-order valence-electron chi connectivity index (χ0n) is 11.8. The second kappa shape index (κ2) is 8.93. The second-order valence-corrected chi connectivity index (χ2v) is 5.43. The molecular formula is C15H24ClN3O. The van der Waals surface area contributed by atoms with Crippen molar-refractivity contribution < 1.29 is 4.79 Å². The smallest absolute Gasteiger partial charge is 0.237 e. The summed E-state index contributed by atoms with van der Waals surface area (Å²) in [6.07, 6.45) is 10.7. The van der Waals surface area contributed by atoms with E-state index in [1.165, 1.54) is 32.1 Å². The van der Waals surface area contributed by atoms with Gasteiger partial charge in [0, 0.05) is 18.9 Å². The summed E-state index contributed by atoms with van der Waals surface area (Å²) in [5, 5.41) is 2.88. The molecule has 1 atom stereocenters. The summed E-state index contributed by atoms with van der Waals surface area (Å²) in [5.41, 5.74) is 6.99. The number of nitrogens with two attached hydrogens (primary N) is 1. The highest BCUT2D eigenvalue weighted by atomic mass is 35.5. The highest BCUT2D eigenvalue weighted by molar-refractivity contribution is 5.85. The maximum absolute atomic E-state index is 11.9. The van der Waals surface area contributed by atoms with E-state index in [-0.39, 0.29) is 24.4 Å². The largest absolute Gasteiger partial charge is 0.351 e. The minimum absolute atomic E-state index is 0. The summed E-state index contributed by atoms with van der Waals surface area (Å²) < 4.78 is 0. The van der Waals surface area contributed by atoms with E-state index in [2.05, 4.69) is 10.3 Å². The lowest BCUT2D eigenvalue weighted by Gasteiger charge is -2.24. The van der Waals surface area contributed by atoms with Crippen molar-refractivity contribution in [2.45, 2.75) is 51.1 Å². The Bertz CT molecular complexity index is 393. The minimum Gasteiger partial charge on any atom is -0.351 e. The number of nitrogens with one attached hydrogen (secondary N) is 1. The molecule has 0 bridgehead atoms. The van der Waals surface area contributed by atoms with Crippen LogP contribution in [0.3, 0.4) is 0 Å². The maximum atomic E-state index is 11.9. The first-order chi connectivity index (χ1) is 9.25. The molecule has 1 fully saturated rings. The van der Waals surface area contributed by atoms with Crippen LogP contribution in [0.2, 0.25) is 0 Å². The molecule has 1 heterocycles. The molecule has 0 aliphatic heterocycles. The number of rotatable bonds is 5. The average Bonchev–Trinajstić information content (AvgIpc) is 2.47. The van der Waals surface area contributed by atoms with E-state index < -0.39 is 0 Å². The van der Waals surface area contributed by atoms with Gasteiger partial charge in [0.25, 0.3) is 0 Å². The number of hydrogen-bond acceptors (Lipinski definition) is 3. The first kappa shape index (κ1) is 16.9. The van der Waals surface area contributed by atoms with Gasteiger partial charge >= 0.3 is 0 Å². The van der Waals surface area contributed by atoms with Crippen molar-refractivity contribution in [1.29, 1.82) is 0 Å². The average molecular weight is 298 g/mol. The molecule has 2 rings (SSSR count). The zero-order chi connectivity index (χ0) is 13.5. The van der Waals surface area contributed by atoms with E-state index >= 15 is 0 Å². The first-order valence-corrected chi connectivity index (χ1v) is 7.18. The van der Waals surface area contributed by atoms with Crippen LogP contribution in [0.4, 0.5) is 0 Å². The Kier molecular flexibility index (Phi) is 7.55. The van der Waals surface area contributed by atoms with Gasteiger partial charge in [-0.2, -0.15) is 0 Å². The molecule has 4 nitrogen and oxygen atoms in total. The number of hydrogen-bond donors (Lipinski definition) is 2. The molecule has 20 heavy (non-hydrogen) atoms. The predicted octanol–water partition coefficient (Wildman–Crippen LogP) is 2.42. The molecule has 0 saturated heterocycles. The second-order valence-electron chi connectivity index (χ2n) is 5.43. The molecule has 0 spiro atoms. The molecule has 0 radical (unpaired) electrons. The fourth-order valence-electron chi connectivity index (χ4n) is 2.71. The van der Waals surface area contributed by atoms with Gasteiger partial charge in [-0.3, -0.25) is 9.78 Å². The molecule has 1 amide bonds. The van der Waals surface area contributed by atoms with Crippen LogP contribution in [-0.4, -0.2) is 16.9 Å². The van der Waals surface area contributed by atoms with Gasteiger partial charge in [0.15, 0.2) is 0 Å². The van der Waals surface area contributed by atoms with Crippen molar-refractivity contribution in [2.75, 3.05) is 0 Å². The van der Waals surface area contributed by atoms with E-state index in [4.69, 9.17) is 5.73 Å². The molecule has 112 valence electrons. The third-order valence-corrected chi connectivity index (χ3v) is 3.84. The lowest BCUT2D eigenvalue weighted by molar-refractivity contribution is -0.122. The fourth-order valence-corrected chi connectivity index (χ4v) is 2.71. The normalized spacial score (nSPS) is 17.1. The van der Waals surface area contributed by atoms with Crippen molar-refractivity contribution >= 4 is 18.3 Å². The molecule has 1 unspecified atom stereocenters. The monoisotopic (exact) mass is 297 g/mol. The van der Waals surface area contributed by atoms with Crippen LogP contribution in [0.1, 0.15) is 44.1 Å². The van der Waals surface area contributed by atoms with Gasteiger partial charge < -0.3 is 11.1 Å². The van der Waals surface area contributed by atoms with E-state index in [0.717, 1.165) is 12.0 Å². The number of halogens is 1. The van der Waals surface area contributed by atoms with Crippen molar-refractivity contribution in [3.63, 3.8) is 0 Å². The molecule has 1 aromatic heterocycles. The lowest BCUT2D eigenvalue weighted by atomic mass is 9.85. The third kappa shape index (κ3) is 5.47. The maximum Gasteiger partial charge on any atom is 0.237 e. The first-order valence-electron chi connectivity index (χ1n) is 7.18. The summed E-state index contributed by atoms with van der Waals surface area (Å²) in [4.78, 5) is 16.0. The van der Waals surface area contributed by atoms with Crippen LogP contribution in [0.5, 0.6) is 0 Å². The van der Waals surface area contributed by atoms with Gasteiger partial charge in [-0.05, 0) is 24.0 Å². The van der Waals surface area contributed by atoms with Crippen molar-refractivity contribution in [2.24, 2.45) is 11.7 Å². The van der Waals surface area contributed by atoms with E-state index in [0.29, 0.717) is 12.5 Å². The van der Waals surface area contributed by atoms with Crippen LogP contribution >= 0.6 is 12.4 Å². The van der Waals surface area contributed by atoms with Crippen LogP contribution in [0, 0.1) is 5.92 Å². The summed E-state index contributed by atoms with van der Waals surface area (Å²) >= 11 is 0. The molecule has 3 N–H and O–H groups in total. The quantitative estimate of drug-likeness (QED) is 0.877. The van der Waals surface area contributed by atoms with Crippen LogP contribution in [-0.2, 0) is 11.3 Å². The molecule has 1 aromatic rings. The Morgan fingerprint density at radius 3 is 2.80 bits per heavy atom. The van der Waals surface area contributed by atoms with Crippen molar-refractivity contribution in [1.82, 2.24) is 10.3 Å². The van der Waals surface area contributed by atoms with Gasteiger partial charge in [0.1, 0.15) is 0 Å².